The minimum Gasteiger partial charge on any atom is -0.482 e. The predicted molar refractivity (Wildman–Crippen MR) is 93.5 cm³/mol. The lowest BCUT2D eigenvalue weighted by Gasteiger charge is -2.07. The molecule has 9 heteroatoms. The average molecular weight is 413 g/mol. The van der Waals surface area contributed by atoms with Gasteiger partial charge in [0, 0.05) is 16.6 Å². The van der Waals surface area contributed by atoms with Crippen molar-refractivity contribution in [3.8, 4) is 5.75 Å². The molecule has 0 aliphatic carbocycles. The third kappa shape index (κ3) is 5.32. The Morgan fingerprint density at radius 1 is 1.33 bits per heavy atom. The van der Waals surface area contributed by atoms with Gasteiger partial charge in [0.05, 0.1) is 16.2 Å². The van der Waals surface area contributed by atoms with Crippen LogP contribution >= 0.6 is 27.5 Å². The second-order valence-electron chi connectivity index (χ2n) is 4.51. The second-order valence-corrected chi connectivity index (χ2v) is 5.83. The lowest BCUT2D eigenvalue weighted by molar-refractivity contribution is -0.384. The summed E-state index contributed by atoms with van der Waals surface area (Å²) in [4.78, 5) is 21.7. The van der Waals surface area contributed by atoms with Crippen molar-refractivity contribution in [1.29, 1.82) is 0 Å². The Balaban J connectivity index is 1.83. The lowest BCUT2D eigenvalue weighted by Crippen LogP contribution is -2.24. The van der Waals surface area contributed by atoms with Gasteiger partial charge in [0.15, 0.2) is 6.61 Å². The van der Waals surface area contributed by atoms with Crippen LogP contribution in [0.3, 0.4) is 0 Å². The highest BCUT2D eigenvalue weighted by molar-refractivity contribution is 9.10. The summed E-state index contributed by atoms with van der Waals surface area (Å²) >= 11 is 9.24. The van der Waals surface area contributed by atoms with Crippen LogP contribution in [0.1, 0.15) is 5.56 Å². The smallest absolute Gasteiger partial charge is 0.277 e. The normalized spacial score (nSPS) is 10.6. The van der Waals surface area contributed by atoms with E-state index in [0.717, 1.165) is 4.47 Å². The number of nitrogens with one attached hydrogen (secondary N) is 1. The maximum Gasteiger partial charge on any atom is 0.277 e. The largest absolute Gasteiger partial charge is 0.482 e. The SMILES string of the molecule is O=C(COc1ccc(Br)cc1Cl)N/N=C/c1ccc([N+](=O)[O-])cc1. The molecular weight excluding hydrogens is 402 g/mol. The van der Waals surface area contributed by atoms with E-state index in [1.54, 1.807) is 18.2 Å². The minimum atomic E-state index is -0.493. The van der Waals surface area contributed by atoms with E-state index in [1.807, 2.05) is 0 Å². The molecule has 2 aromatic rings. The number of hydrogen-bond donors (Lipinski definition) is 1. The van der Waals surface area contributed by atoms with Crippen molar-refractivity contribution in [1.82, 2.24) is 5.43 Å². The van der Waals surface area contributed by atoms with Crippen molar-refractivity contribution in [2.24, 2.45) is 5.10 Å². The number of nitro benzene ring substituents is 1. The number of halogens is 2. The summed E-state index contributed by atoms with van der Waals surface area (Å²) in [6.07, 6.45) is 1.37. The Hall–Kier alpha value is -2.45. The Morgan fingerprint density at radius 3 is 2.67 bits per heavy atom. The molecule has 0 bridgehead atoms. The number of nitrogens with zero attached hydrogens (tertiary/aromatic N) is 2. The Morgan fingerprint density at radius 2 is 2.04 bits per heavy atom. The van der Waals surface area contributed by atoms with Crippen LogP contribution in [0.5, 0.6) is 5.75 Å². The van der Waals surface area contributed by atoms with Crippen molar-refractivity contribution < 1.29 is 14.5 Å². The molecule has 0 saturated heterocycles. The molecule has 0 aliphatic heterocycles. The van der Waals surface area contributed by atoms with Crippen LogP contribution in [0.15, 0.2) is 52.0 Å². The molecule has 1 N–H and O–H groups in total. The minimum absolute atomic E-state index is 0.0176. The molecule has 24 heavy (non-hydrogen) atoms. The highest BCUT2D eigenvalue weighted by Gasteiger charge is 2.06. The van der Waals surface area contributed by atoms with Gasteiger partial charge in [-0.3, -0.25) is 14.9 Å². The summed E-state index contributed by atoms with van der Waals surface area (Å²) < 4.78 is 6.09. The van der Waals surface area contributed by atoms with Gasteiger partial charge in [-0.25, -0.2) is 5.43 Å². The maximum absolute atomic E-state index is 11.6. The van der Waals surface area contributed by atoms with Crippen molar-refractivity contribution in [3.05, 3.63) is 67.6 Å². The first-order chi connectivity index (χ1) is 11.5. The predicted octanol–water partition coefficient (Wildman–Crippen LogP) is 3.54. The monoisotopic (exact) mass is 411 g/mol. The molecule has 2 aromatic carbocycles. The van der Waals surface area contributed by atoms with Crippen molar-refractivity contribution in [2.45, 2.75) is 0 Å². The summed E-state index contributed by atoms with van der Waals surface area (Å²) in [6, 6.07) is 10.8. The summed E-state index contributed by atoms with van der Waals surface area (Å²) in [5.74, 6) is -0.0819. The third-order valence-corrected chi connectivity index (χ3v) is 3.55. The van der Waals surface area contributed by atoms with Gasteiger partial charge in [-0.15, -0.1) is 0 Å². The molecular formula is C15H11BrClN3O4. The van der Waals surface area contributed by atoms with Crippen molar-refractivity contribution >= 4 is 45.3 Å². The Labute approximate surface area is 150 Å². The molecule has 0 spiro atoms. The number of amides is 1. The van der Waals surface area contributed by atoms with E-state index in [4.69, 9.17) is 16.3 Å². The number of hydrogen-bond acceptors (Lipinski definition) is 5. The van der Waals surface area contributed by atoms with Crippen LogP contribution in [-0.2, 0) is 4.79 Å². The summed E-state index contributed by atoms with van der Waals surface area (Å²) in [7, 11) is 0. The molecule has 0 aromatic heterocycles. The zero-order valence-electron chi connectivity index (χ0n) is 12.1. The lowest BCUT2D eigenvalue weighted by atomic mass is 10.2. The van der Waals surface area contributed by atoms with E-state index < -0.39 is 10.8 Å². The van der Waals surface area contributed by atoms with Crippen LogP contribution in [0, 0.1) is 10.1 Å². The fourth-order valence-electron chi connectivity index (χ4n) is 1.63. The summed E-state index contributed by atoms with van der Waals surface area (Å²) in [5, 5.41) is 14.7. The second kappa shape index (κ2) is 8.42. The number of benzene rings is 2. The van der Waals surface area contributed by atoms with Gasteiger partial charge >= 0.3 is 0 Å². The molecule has 7 nitrogen and oxygen atoms in total. The fourth-order valence-corrected chi connectivity index (χ4v) is 2.36. The zero-order chi connectivity index (χ0) is 17.5. The van der Waals surface area contributed by atoms with Gasteiger partial charge in [-0.2, -0.15) is 5.10 Å². The standard InChI is InChI=1S/C15H11BrClN3O4/c16-11-3-6-14(13(17)7-11)24-9-15(21)19-18-8-10-1-4-12(5-2-10)20(22)23/h1-8H,9H2,(H,19,21)/b18-8+. The number of rotatable bonds is 6. The van der Waals surface area contributed by atoms with Gasteiger partial charge in [-0.1, -0.05) is 27.5 Å². The highest BCUT2D eigenvalue weighted by Crippen LogP contribution is 2.27. The van der Waals surface area contributed by atoms with Gasteiger partial charge < -0.3 is 4.74 Å². The number of nitro groups is 1. The highest BCUT2D eigenvalue weighted by atomic mass is 79.9. The fraction of sp³-hybridized carbons (Fsp3) is 0.0667. The Kier molecular flexibility index (Phi) is 6.28. The van der Waals surface area contributed by atoms with Crippen LogP contribution in [0.25, 0.3) is 0 Å². The van der Waals surface area contributed by atoms with Gasteiger partial charge in [0.1, 0.15) is 5.75 Å². The molecule has 0 heterocycles. The van der Waals surface area contributed by atoms with Gasteiger partial charge in [-0.05, 0) is 35.9 Å². The molecule has 0 atom stereocenters. The van der Waals surface area contributed by atoms with E-state index in [1.165, 1.54) is 30.5 Å². The third-order valence-electron chi connectivity index (χ3n) is 2.76. The number of ether oxygens (including phenoxy) is 1. The van der Waals surface area contributed by atoms with E-state index in [9.17, 15) is 14.9 Å². The summed E-state index contributed by atoms with van der Waals surface area (Å²) in [5.41, 5.74) is 2.88. The van der Waals surface area contributed by atoms with Crippen LogP contribution < -0.4 is 10.2 Å². The van der Waals surface area contributed by atoms with Crippen LogP contribution in [-0.4, -0.2) is 23.7 Å². The van der Waals surface area contributed by atoms with Crippen LogP contribution in [0.4, 0.5) is 5.69 Å². The van der Waals surface area contributed by atoms with E-state index in [2.05, 4.69) is 26.5 Å². The molecule has 0 fully saturated rings. The first-order valence-corrected chi connectivity index (χ1v) is 7.77. The quantitative estimate of drug-likeness (QED) is 0.446. The van der Waals surface area contributed by atoms with Gasteiger partial charge in [0.25, 0.3) is 11.6 Å². The van der Waals surface area contributed by atoms with Gasteiger partial charge in [0.2, 0.25) is 0 Å². The summed E-state index contributed by atoms with van der Waals surface area (Å²) in [6.45, 7) is -0.251. The molecule has 0 aliphatic rings. The topological polar surface area (TPSA) is 93.8 Å². The first kappa shape index (κ1) is 17.9. The number of carbonyl (C=O) groups excluding carboxylic acids is 1. The zero-order valence-corrected chi connectivity index (χ0v) is 14.5. The molecule has 1 amide bonds. The molecule has 0 unspecified atom stereocenters. The molecule has 0 radical (unpaired) electrons. The number of non-ortho nitro benzene ring substituents is 1. The van der Waals surface area contributed by atoms with E-state index in [-0.39, 0.29) is 12.3 Å². The van der Waals surface area contributed by atoms with Crippen molar-refractivity contribution in [3.63, 3.8) is 0 Å². The first-order valence-electron chi connectivity index (χ1n) is 6.60. The maximum atomic E-state index is 11.6. The van der Waals surface area contributed by atoms with Crippen LogP contribution in [0.2, 0.25) is 5.02 Å². The van der Waals surface area contributed by atoms with E-state index in [0.29, 0.717) is 16.3 Å². The number of hydrazone groups is 1. The van der Waals surface area contributed by atoms with Crippen molar-refractivity contribution in [2.75, 3.05) is 6.61 Å². The van der Waals surface area contributed by atoms with E-state index >= 15 is 0 Å². The number of carbonyl (C=O) groups is 1. The molecule has 2 rings (SSSR count). The average Bonchev–Trinajstić information content (AvgIpc) is 2.54. The Bertz CT molecular complexity index is 781. The molecule has 0 saturated carbocycles. The molecule has 124 valence electrons.